The van der Waals surface area contributed by atoms with E-state index < -0.39 is 0 Å². The number of ether oxygens (including phenoxy) is 2. The largest absolute Gasteiger partial charge is 0.497 e. The summed E-state index contributed by atoms with van der Waals surface area (Å²) in [5.74, 6) is 4.26. The van der Waals surface area contributed by atoms with Gasteiger partial charge in [-0.1, -0.05) is 6.07 Å². The van der Waals surface area contributed by atoms with E-state index in [4.69, 9.17) is 9.47 Å². The smallest absolute Gasteiger partial charge is 0.224 e. The molecule has 4 saturated carbocycles. The van der Waals surface area contributed by atoms with Crippen molar-refractivity contribution in [3.05, 3.63) is 23.8 Å². The molecule has 1 N–H and O–H groups in total. The number of benzene rings is 1. The second-order valence-corrected chi connectivity index (χ2v) is 8.92. The van der Waals surface area contributed by atoms with Crippen molar-refractivity contribution in [3.8, 4) is 11.5 Å². The van der Waals surface area contributed by atoms with E-state index in [2.05, 4.69) is 12.2 Å². The number of hydrogen-bond donors (Lipinski definition) is 1. The van der Waals surface area contributed by atoms with Crippen LogP contribution in [-0.2, 0) is 11.2 Å². The molecule has 4 heteroatoms. The van der Waals surface area contributed by atoms with Gasteiger partial charge < -0.3 is 14.8 Å². The molecular weight excluding hydrogens is 326 g/mol. The fraction of sp³-hybridized carbons (Fsp3) is 0.682. The van der Waals surface area contributed by atoms with Crippen molar-refractivity contribution in [2.45, 2.75) is 57.9 Å². The minimum absolute atomic E-state index is 0.0942. The third-order valence-corrected chi connectivity index (χ3v) is 7.23. The number of amides is 1. The molecule has 1 aromatic carbocycles. The average Bonchev–Trinajstić information content (AvgIpc) is 2.60. The van der Waals surface area contributed by atoms with Crippen LogP contribution in [0.2, 0.25) is 0 Å². The third kappa shape index (κ3) is 3.19. The summed E-state index contributed by atoms with van der Waals surface area (Å²) >= 11 is 0. The van der Waals surface area contributed by atoms with Crippen LogP contribution in [0.25, 0.3) is 0 Å². The monoisotopic (exact) mass is 357 g/mol. The highest BCUT2D eigenvalue weighted by Gasteiger charge is 2.53. The number of carbonyl (C=O) groups is 1. The number of hydrogen-bond acceptors (Lipinski definition) is 3. The van der Waals surface area contributed by atoms with Crippen LogP contribution in [0.3, 0.4) is 0 Å². The lowest BCUT2D eigenvalue weighted by Gasteiger charge is -2.59. The van der Waals surface area contributed by atoms with Gasteiger partial charge >= 0.3 is 0 Å². The van der Waals surface area contributed by atoms with Crippen LogP contribution < -0.4 is 14.8 Å². The second kappa shape index (κ2) is 6.79. The molecule has 4 aliphatic rings. The Hall–Kier alpha value is -1.71. The number of nitrogens with one attached hydrogen (secondary N) is 1. The molecule has 1 amide bonds. The minimum atomic E-state index is 0.0942. The minimum Gasteiger partial charge on any atom is -0.497 e. The first-order valence-corrected chi connectivity index (χ1v) is 10.0. The maximum absolute atomic E-state index is 12.7. The molecule has 0 heterocycles. The quantitative estimate of drug-likeness (QED) is 0.838. The first-order chi connectivity index (χ1) is 12.5. The van der Waals surface area contributed by atoms with Gasteiger partial charge in [0.15, 0.2) is 0 Å². The van der Waals surface area contributed by atoms with Gasteiger partial charge in [-0.25, -0.2) is 0 Å². The zero-order valence-electron chi connectivity index (χ0n) is 16.2. The van der Waals surface area contributed by atoms with Crippen molar-refractivity contribution in [1.82, 2.24) is 5.32 Å². The van der Waals surface area contributed by atoms with Gasteiger partial charge in [-0.3, -0.25) is 4.79 Å². The van der Waals surface area contributed by atoms with Crippen LogP contribution in [0.4, 0.5) is 0 Å². The highest BCUT2D eigenvalue weighted by Crippen LogP contribution is 2.61. The van der Waals surface area contributed by atoms with Crippen molar-refractivity contribution in [2.24, 2.45) is 23.2 Å². The van der Waals surface area contributed by atoms with Crippen molar-refractivity contribution in [3.63, 3.8) is 0 Å². The number of rotatable bonds is 6. The molecule has 0 saturated heterocycles. The van der Waals surface area contributed by atoms with Crippen molar-refractivity contribution in [2.75, 3.05) is 14.2 Å². The Morgan fingerprint density at radius 3 is 2.27 bits per heavy atom. The molecule has 1 aromatic rings. The predicted octanol–water partition coefficient (Wildman–Crippen LogP) is 3.97. The molecule has 4 aliphatic carbocycles. The summed E-state index contributed by atoms with van der Waals surface area (Å²) in [5, 5.41) is 3.34. The predicted molar refractivity (Wildman–Crippen MR) is 101 cm³/mol. The molecule has 1 unspecified atom stereocenters. The fourth-order valence-corrected chi connectivity index (χ4v) is 6.32. The molecule has 4 fully saturated rings. The molecule has 0 spiro atoms. The van der Waals surface area contributed by atoms with Gasteiger partial charge in [-0.2, -0.15) is 0 Å². The Morgan fingerprint density at radius 1 is 1.12 bits per heavy atom. The van der Waals surface area contributed by atoms with Gasteiger partial charge in [0.05, 0.1) is 20.6 Å². The van der Waals surface area contributed by atoms with E-state index in [1.165, 1.54) is 38.5 Å². The topological polar surface area (TPSA) is 47.6 Å². The van der Waals surface area contributed by atoms with Gasteiger partial charge in [0.25, 0.3) is 0 Å². The Balaban J connectivity index is 1.42. The third-order valence-electron chi connectivity index (χ3n) is 7.23. The summed E-state index contributed by atoms with van der Waals surface area (Å²) in [6.45, 7) is 2.23. The van der Waals surface area contributed by atoms with Gasteiger partial charge in [0.1, 0.15) is 11.5 Å². The first kappa shape index (κ1) is 17.7. The molecule has 26 heavy (non-hydrogen) atoms. The van der Waals surface area contributed by atoms with E-state index >= 15 is 0 Å². The lowest BCUT2D eigenvalue weighted by molar-refractivity contribution is -0.125. The molecular formula is C22H31NO3. The zero-order valence-corrected chi connectivity index (χ0v) is 16.2. The number of carbonyl (C=O) groups excluding carboxylic acids is 1. The van der Waals surface area contributed by atoms with E-state index in [1.54, 1.807) is 14.2 Å². The van der Waals surface area contributed by atoms with Gasteiger partial charge in [0, 0.05) is 17.7 Å². The van der Waals surface area contributed by atoms with Crippen LogP contribution in [0.5, 0.6) is 11.5 Å². The van der Waals surface area contributed by atoms with E-state index in [0.29, 0.717) is 17.6 Å². The summed E-state index contributed by atoms with van der Waals surface area (Å²) in [4.78, 5) is 12.7. The first-order valence-electron chi connectivity index (χ1n) is 10.0. The maximum Gasteiger partial charge on any atom is 0.224 e. The summed E-state index contributed by atoms with van der Waals surface area (Å²) < 4.78 is 10.7. The Morgan fingerprint density at radius 2 is 1.73 bits per heavy atom. The lowest BCUT2D eigenvalue weighted by Crippen LogP contribution is -2.56. The number of methoxy groups -OCH3 is 2. The molecule has 4 nitrogen and oxygen atoms in total. The average molecular weight is 357 g/mol. The van der Waals surface area contributed by atoms with E-state index in [-0.39, 0.29) is 11.9 Å². The Bertz CT molecular complexity index is 649. The molecule has 5 rings (SSSR count). The SMILES string of the molecule is COc1ccc(CC(=O)NC(C)C23CC4CC(CC(C4)C2)C3)c(OC)c1. The Labute approximate surface area is 156 Å². The van der Waals surface area contributed by atoms with Crippen LogP contribution in [0.1, 0.15) is 51.0 Å². The fourth-order valence-electron chi connectivity index (χ4n) is 6.32. The van der Waals surface area contributed by atoms with Crippen LogP contribution >= 0.6 is 0 Å². The molecule has 1 atom stereocenters. The summed E-state index contributed by atoms with van der Waals surface area (Å²) in [6.07, 6.45) is 8.59. The Kier molecular flexibility index (Phi) is 4.62. The van der Waals surface area contributed by atoms with Gasteiger partial charge in [-0.15, -0.1) is 0 Å². The van der Waals surface area contributed by atoms with Gasteiger partial charge in [0.2, 0.25) is 5.91 Å². The van der Waals surface area contributed by atoms with Crippen LogP contribution in [0.15, 0.2) is 18.2 Å². The van der Waals surface area contributed by atoms with Crippen molar-refractivity contribution < 1.29 is 14.3 Å². The van der Waals surface area contributed by atoms with E-state index in [9.17, 15) is 4.79 Å². The van der Waals surface area contributed by atoms with E-state index in [1.807, 2.05) is 18.2 Å². The molecule has 0 aromatic heterocycles. The maximum atomic E-state index is 12.7. The highest BCUT2D eigenvalue weighted by molar-refractivity contribution is 5.79. The molecule has 142 valence electrons. The van der Waals surface area contributed by atoms with Gasteiger partial charge in [-0.05, 0) is 74.7 Å². The highest BCUT2D eigenvalue weighted by atomic mass is 16.5. The van der Waals surface area contributed by atoms with Crippen molar-refractivity contribution >= 4 is 5.91 Å². The standard InChI is InChI=1S/C22H31NO3/c1-14(22-11-15-6-16(12-22)8-17(7-15)13-22)23-21(24)9-18-4-5-19(25-2)10-20(18)26-3/h4-5,10,14-17H,6-9,11-13H2,1-3H3,(H,23,24). The molecule has 0 radical (unpaired) electrons. The normalized spacial score (nSPS) is 33.0. The second-order valence-electron chi connectivity index (χ2n) is 8.92. The summed E-state index contributed by atoms with van der Waals surface area (Å²) in [6, 6.07) is 5.90. The van der Waals surface area contributed by atoms with Crippen LogP contribution in [-0.4, -0.2) is 26.2 Å². The van der Waals surface area contributed by atoms with Crippen molar-refractivity contribution in [1.29, 1.82) is 0 Å². The summed E-state index contributed by atoms with van der Waals surface area (Å²) in [5.41, 5.74) is 1.25. The molecule has 4 bridgehead atoms. The molecule has 0 aliphatic heterocycles. The van der Waals surface area contributed by atoms with E-state index in [0.717, 1.165) is 29.1 Å². The zero-order chi connectivity index (χ0) is 18.3. The lowest BCUT2D eigenvalue weighted by atomic mass is 9.48. The van der Waals surface area contributed by atoms with Crippen LogP contribution in [0, 0.1) is 23.2 Å². The summed E-state index contributed by atoms with van der Waals surface area (Å²) in [7, 11) is 3.27.